The second kappa shape index (κ2) is 4.07. The molecule has 1 aromatic heterocycles. The van der Waals surface area contributed by atoms with Crippen LogP contribution in [0, 0.1) is 6.92 Å². The molecule has 0 atom stereocenters. The first-order valence-corrected chi connectivity index (χ1v) is 6.88. The predicted molar refractivity (Wildman–Crippen MR) is 73.1 cm³/mol. The summed E-state index contributed by atoms with van der Waals surface area (Å²) in [6, 6.07) is 8.04. The molecule has 1 heterocycles. The van der Waals surface area contributed by atoms with Crippen molar-refractivity contribution in [3.8, 4) is 0 Å². The SMILES string of the molecule is Cc1c(C(=O)NC2(CO)CC2)sc2ccccc12. The van der Waals surface area contributed by atoms with Crippen molar-refractivity contribution in [1.29, 1.82) is 0 Å². The fourth-order valence-corrected chi connectivity index (χ4v) is 3.27. The maximum absolute atomic E-state index is 12.2. The number of aliphatic hydroxyl groups is 1. The average Bonchev–Trinajstić information content (AvgIpc) is 3.08. The van der Waals surface area contributed by atoms with Gasteiger partial charge in [0.1, 0.15) is 0 Å². The van der Waals surface area contributed by atoms with E-state index >= 15 is 0 Å². The minimum absolute atomic E-state index is 0.0304. The highest BCUT2D eigenvalue weighted by Gasteiger charge is 2.43. The molecule has 0 radical (unpaired) electrons. The van der Waals surface area contributed by atoms with Crippen molar-refractivity contribution < 1.29 is 9.90 Å². The number of amides is 1. The molecular formula is C14H15NO2S. The number of carbonyl (C=O) groups excluding carboxylic acids is 1. The quantitative estimate of drug-likeness (QED) is 0.891. The molecule has 4 heteroatoms. The van der Waals surface area contributed by atoms with Crippen molar-refractivity contribution in [3.05, 3.63) is 34.7 Å². The number of nitrogens with one attached hydrogen (secondary N) is 1. The van der Waals surface area contributed by atoms with E-state index in [2.05, 4.69) is 5.32 Å². The van der Waals surface area contributed by atoms with E-state index in [1.807, 2.05) is 31.2 Å². The van der Waals surface area contributed by atoms with Gasteiger partial charge < -0.3 is 10.4 Å². The zero-order valence-corrected chi connectivity index (χ0v) is 11.0. The molecule has 18 heavy (non-hydrogen) atoms. The Bertz CT molecular complexity index is 613. The first-order valence-electron chi connectivity index (χ1n) is 6.07. The topological polar surface area (TPSA) is 49.3 Å². The molecule has 3 nitrogen and oxygen atoms in total. The molecule has 1 aliphatic rings. The minimum atomic E-state index is -0.348. The fourth-order valence-electron chi connectivity index (χ4n) is 2.16. The highest BCUT2D eigenvalue weighted by Crippen LogP contribution is 2.36. The number of hydrogen-bond acceptors (Lipinski definition) is 3. The average molecular weight is 261 g/mol. The fraction of sp³-hybridized carbons (Fsp3) is 0.357. The maximum Gasteiger partial charge on any atom is 0.262 e. The van der Waals surface area contributed by atoms with Gasteiger partial charge >= 0.3 is 0 Å². The van der Waals surface area contributed by atoms with E-state index in [9.17, 15) is 9.90 Å². The molecule has 1 fully saturated rings. The van der Waals surface area contributed by atoms with Crippen LogP contribution in [-0.4, -0.2) is 23.2 Å². The summed E-state index contributed by atoms with van der Waals surface area (Å²) < 4.78 is 1.13. The Morgan fingerprint density at radius 1 is 1.44 bits per heavy atom. The summed E-state index contributed by atoms with van der Waals surface area (Å²) in [4.78, 5) is 13.0. The van der Waals surface area contributed by atoms with Crippen LogP contribution < -0.4 is 5.32 Å². The Labute approximate surface area is 109 Å². The summed E-state index contributed by atoms with van der Waals surface area (Å²) in [6.07, 6.45) is 1.75. The van der Waals surface area contributed by atoms with E-state index in [0.29, 0.717) is 0 Å². The van der Waals surface area contributed by atoms with Gasteiger partial charge in [0, 0.05) is 4.70 Å². The number of aliphatic hydroxyl groups excluding tert-OH is 1. The van der Waals surface area contributed by atoms with Crippen LogP contribution in [-0.2, 0) is 0 Å². The van der Waals surface area contributed by atoms with Crippen molar-refractivity contribution in [3.63, 3.8) is 0 Å². The minimum Gasteiger partial charge on any atom is -0.394 e. The van der Waals surface area contributed by atoms with Gasteiger partial charge in [-0.3, -0.25) is 4.79 Å². The van der Waals surface area contributed by atoms with E-state index in [-0.39, 0.29) is 18.1 Å². The molecule has 0 aliphatic heterocycles. The van der Waals surface area contributed by atoms with E-state index in [1.165, 1.54) is 11.3 Å². The van der Waals surface area contributed by atoms with Crippen molar-refractivity contribution >= 4 is 27.3 Å². The zero-order chi connectivity index (χ0) is 12.8. The molecule has 0 spiro atoms. The van der Waals surface area contributed by atoms with Gasteiger partial charge in [0.15, 0.2) is 0 Å². The summed E-state index contributed by atoms with van der Waals surface area (Å²) in [6.45, 7) is 2.01. The van der Waals surface area contributed by atoms with Crippen LogP contribution in [0.25, 0.3) is 10.1 Å². The van der Waals surface area contributed by atoms with Crippen LogP contribution in [0.5, 0.6) is 0 Å². The third-order valence-corrected chi connectivity index (χ3v) is 4.86. The molecule has 1 aliphatic carbocycles. The third-order valence-electron chi connectivity index (χ3n) is 3.58. The second-order valence-corrected chi connectivity index (χ2v) is 6.00. The number of benzene rings is 1. The van der Waals surface area contributed by atoms with Gasteiger partial charge in [0.05, 0.1) is 17.0 Å². The predicted octanol–water partition coefficient (Wildman–Crippen LogP) is 2.46. The van der Waals surface area contributed by atoms with Crippen LogP contribution >= 0.6 is 11.3 Å². The number of fused-ring (bicyclic) bond motifs is 1. The number of hydrogen-bond donors (Lipinski definition) is 2. The molecule has 1 amide bonds. The highest BCUT2D eigenvalue weighted by molar-refractivity contribution is 7.21. The molecule has 94 valence electrons. The van der Waals surface area contributed by atoms with Crippen molar-refractivity contribution in [1.82, 2.24) is 5.32 Å². The summed E-state index contributed by atoms with van der Waals surface area (Å²) >= 11 is 1.52. The van der Waals surface area contributed by atoms with Gasteiger partial charge in [-0.25, -0.2) is 0 Å². The zero-order valence-electron chi connectivity index (χ0n) is 10.2. The second-order valence-electron chi connectivity index (χ2n) is 4.94. The lowest BCUT2D eigenvalue weighted by Crippen LogP contribution is -2.39. The number of thiophene rings is 1. The maximum atomic E-state index is 12.2. The Morgan fingerprint density at radius 2 is 2.17 bits per heavy atom. The Hall–Kier alpha value is -1.39. The molecule has 1 aromatic carbocycles. The normalized spacial score (nSPS) is 16.8. The van der Waals surface area contributed by atoms with Crippen LogP contribution in [0.15, 0.2) is 24.3 Å². The Balaban J connectivity index is 1.94. The van der Waals surface area contributed by atoms with Gasteiger partial charge in [0.2, 0.25) is 0 Å². The molecule has 0 bridgehead atoms. The molecular weight excluding hydrogens is 246 g/mol. The Morgan fingerprint density at radius 3 is 2.78 bits per heavy atom. The smallest absolute Gasteiger partial charge is 0.262 e. The third kappa shape index (κ3) is 1.82. The highest BCUT2D eigenvalue weighted by atomic mass is 32.1. The van der Waals surface area contributed by atoms with Crippen LogP contribution in [0.3, 0.4) is 0 Å². The van der Waals surface area contributed by atoms with Gasteiger partial charge in [-0.15, -0.1) is 11.3 Å². The van der Waals surface area contributed by atoms with E-state index in [4.69, 9.17) is 0 Å². The summed E-state index contributed by atoms with van der Waals surface area (Å²) in [7, 11) is 0. The number of rotatable bonds is 3. The monoisotopic (exact) mass is 261 g/mol. The van der Waals surface area contributed by atoms with Crippen LogP contribution in [0.1, 0.15) is 28.1 Å². The molecule has 0 saturated heterocycles. The number of carbonyl (C=O) groups is 1. The van der Waals surface area contributed by atoms with E-state index in [1.54, 1.807) is 0 Å². The summed E-state index contributed by atoms with van der Waals surface area (Å²) in [5.74, 6) is -0.0553. The van der Waals surface area contributed by atoms with Gasteiger partial charge in [-0.1, -0.05) is 18.2 Å². The summed E-state index contributed by atoms with van der Waals surface area (Å²) in [5.41, 5.74) is 0.682. The van der Waals surface area contributed by atoms with Crippen molar-refractivity contribution in [2.45, 2.75) is 25.3 Å². The van der Waals surface area contributed by atoms with E-state index in [0.717, 1.165) is 33.4 Å². The van der Waals surface area contributed by atoms with Crippen molar-refractivity contribution in [2.24, 2.45) is 0 Å². The number of aryl methyl sites for hydroxylation is 1. The lowest BCUT2D eigenvalue weighted by atomic mass is 10.1. The first-order chi connectivity index (χ1) is 8.65. The van der Waals surface area contributed by atoms with Crippen molar-refractivity contribution in [2.75, 3.05) is 6.61 Å². The molecule has 1 saturated carbocycles. The lowest BCUT2D eigenvalue weighted by Gasteiger charge is -2.13. The van der Waals surface area contributed by atoms with Gasteiger partial charge in [-0.05, 0) is 36.8 Å². The summed E-state index contributed by atoms with van der Waals surface area (Å²) in [5, 5.41) is 13.3. The molecule has 0 unspecified atom stereocenters. The largest absolute Gasteiger partial charge is 0.394 e. The molecule has 2 aromatic rings. The Kier molecular flexibility index (Phi) is 2.64. The lowest BCUT2D eigenvalue weighted by molar-refractivity contribution is 0.0910. The van der Waals surface area contributed by atoms with Gasteiger partial charge in [0.25, 0.3) is 5.91 Å². The van der Waals surface area contributed by atoms with Crippen LogP contribution in [0.4, 0.5) is 0 Å². The molecule has 3 rings (SSSR count). The van der Waals surface area contributed by atoms with Gasteiger partial charge in [-0.2, -0.15) is 0 Å². The standard InChI is InChI=1S/C14H15NO2S/c1-9-10-4-2-3-5-11(10)18-12(9)13(17)15-14(8-16)6-7-14/h2-5,16H,6-8H2,1H3,(H,15,17). The van der Waals surface area contributed by atoms with Crippen LogP contribution in [0.2, 0.25) is 0 Å². The van der Waals surface area contributed by atoms with E-state index < -0.39 is 0 Å². The first kappa shape index (κ1) is 11.7. The molecule has 2 N–H and O–H groups in total.